The first-order valence-electron chi connectivity index (χ1n) is 9.66. The van der Waals surface area contributed by atoms with E-state index in [1.165, 1.54) is 0 Å². The number of ether oxygens (including phenoxy) is 3. The van der Waals surface area contributed by atoms with Crippen LogP contribution in [0.1, 0.15) is 12.1 Å². The number of fused-ring (bicyclic) bond motifs is 1. The molecule has 1 aliphatic rings. The average molecular weight is 395 g/mol. The summed E-state index contributed by atoms with van der Waals surface area (Å²) in [5.41, 5.74) is 2.67. The summed E-state index contributed by atoms with van der Waals surface area (Å²) in [5, 5.41) is 10.6. The summed E-state index contributed by atoms with van der Waals surface area (Å²) in [5.74, 6) is 1.90. The van der Waals surface area contributed by atoms with E-state index in [0.29, 0.717) is 30.3 Å². The second-order valence-corrected chi connectivity index (χ2v) is 7.11. The number of benzene rings is 2. The van der Waals surface area contributed by atoms with Gasteiger partial charge in [-0.05, 0) is 30.7 Å². The van der Waals surface area contributed by atoms with Crippen molar-refractivity contribution in [1.82, 2.24) is 14.9 Å². The third-order valence-corrected chi connectivity index (χ3v) is 5.13. The molecule has 0 amide bonds. The summed E-state index contributed by atoms with van der Waals surface area (Å²) in [6.45, 7) is 1.98. The zero-order chi connectivity index (χ0) is 20.2. The molecule has 1 aliphatic heterocycles. The van der Waals surface area contributed by atoms with Crippen molar-refractivity contribution in [2.75, 3.05) is 27.3 Å². The maximum Gasteiger partial charge on any atom is 0.164 e. The number of rotatable bonds is 6. The van der Waals surface area contributed by atoms with Crippen molar-refractivity contribution >= 4 is 11.0 Å². The number of aliphatic hydroxyl groups is 1. The van der Waals surface area contributed by atoms with Crippen molar-refractivity contribution in [2.45, 2.75) is 25.2 Å². The summed E-state index contributed by atoms with van der Waals surface area (Å²) in [6, 6.07) is 13.2. The van der Waals surface area contributed by atoms with Gasteiger partial charge in [0.05, 0.1) is 37.1 Å². The van der Waals surface area contributed by atoms with Gasteiger partial charge in [0.25, 0.3) is 0 Å². The number of likely N-dealkylation sites (tertiary alicyclic amines) is 1. The Bertz CT molecular complexity index is 981. The van der Waals surface area contributed by atoms with Gasteiger partial charge in [0.15, 0.2) is 11.5 Å². The van der Waals surface area contributed by atoms with E-state index in [0.717, 1.165) is 29.7 Å². The third-order valence-electron chi connectivity index (χ3n) is 5.13. The Morgan fingerprint density at radius 3 is 2.62 bits per heavy atom. The van der Waals surface area contributed by atoms with Crippen LogP contribution in [0, 0.1) is 0 Å². The number of hydrogen-bond acceptors (Lipinski definition) is 7. The molecule has 2 heterocycles. The van der Waals surface area contributed by atoms with Crippen LogP contribution in [-0.4, -0.2) is 59.5 Å². The zero-order valence-corrected chi connectivity index (χ0v) is 16.6. The Labute approximate surface area is 169 Å². The molecule has 0 bridgehead atoms. The molecule has 0 spiro atoms. The first kappa shape index (κ1) is 19.4. The van der Waals surface area contributed by atoms with Crippen LogP contribution >= 0.6 is 0 Å². The second-order valence-electron chi connectivity index (χ2n) is 7.11. The summed E-state index contributed by atoms with van der Waals surface area (Å²) in [6.07, 6.45) is 1.66. The number of para-hydroxylation sites is 2. The van der Waals surface area contributed by atoms with Gasteiger partial charge in [0, 0.05) is 25.7 Å². The number of methoxy groups -OCH3 is 2. The van der Waals surface area contributed by atoms with Crippen molar-refractivity contribution in [3.8, 4) is 17.2 Å². The molecule has 2 atom stereocenters. The number of aromatic nitrogens is 2. The van der Waals surface area contributed by atoms with E-state index in [1.54, 1.807) is 32.5 Å². The second kappa shape index (κ2) is 8.63. The molecule has 0 radical (unpaired) electrons. The first-order chi connectivity index (χ1) is 14.2. The topological polar surface area (TPSA) is 76.9 Å². The van der Waals surface area contributed by atoms with Gasteiger partial charge in [0.2, 0.25) is 0 Å². The number of aliphatic hydroxyl groups excluding tert-OH is 1. The maximum absolute atomic E-state index is 10.6. The Morgan fingerprint density at radius 2 is 1.86 bits per heavy atom. The average Bonchev–Trinajstić information content (AvgIpc) is 2.75. The van der Waals surface area contributed by atoms with Crippen LogP contribution in [0.5, 0.6) is 17.2 Å². The molecular weight excluding hydrogens is 370 g/mol. The van der Waals surface area contributed by atoms with Gasteiger partial charge in [-0.3, -0.25) is 9.88 Å². The quantitative estimate of drug-likeness (QED) is 0.688. The fraction of sp³-hybridized carbons (Fsp3) is 0.364. The zero-order valence-electron chi connectivity index (χ0n) is 16.6. The van der Waals surface area contributed by atoms with E-state index in [2.05, 4.69) is 14.9 Å². The van der Waals surface area contributed by atoms with E-state index in [9.17, 15) is 5.11 Å². The monoisotopic (exact) mass is 395 g/mol. The minimum atomic E-state index is -0.592. The van der Waals surface area contributed by atoms with E-state index in [1.807, 2.05) is 30.3 Å². The Morgan fingerprint density at radius 1 is 1.07 bits per heavy atom. The molecule has 1 saturated heterocycles. The molecule has 3 aromatic rings. The number of piperidine rings is 1. The number of hydrogen-bond donors (Lipinski definition) is 1. The molecule has 29 heavy (non-hydrogen) atoms. The molecule has 0 unspecified atom stereocenters. The highest BCUT2D eigenvalue weighted by molar-refractivity contribution is 5.73. The highest BCUT2D eigenvalue weighted by Gasteiger charge is 2.29. The summed E-state index contributed by atoms with van der Waals surface area (Å²) in [4.78, 5) is 11.3. The summed E-state index contributed by atoms with van der Waals surface area (Å²) >= 11 is 0. The van der Waals surface area contributed by atoms with Gasteiger partial charge >= 0.3 is 0 Å². The highest BCUT2D eigenvalue weighted by atomic mass is 16.5. The molecule has 1 fully saturated rings. The van der Waals surface area contributed by atoms with Crippen molar-refractivity contribution in [3.63, 3.8) is 0 Å². The van der Waals surface area contributed by atoms with Crippen LogP contribution in [0.2, 0.25) is 0 Å². The number of nitrogens with zero attached hydrogens (tertiary/aromatic N) is 3. The van der Waals surface area contributed by atoms with Gasteiger partial charge in [-0.15, -0.1) is 0 Å². The maximum atomic E-state index is 10.6. The van der Waals surface area contributed by atoms with Crippen LogP contribution in [0.25, 0.3) is 11.0 Å². The van der Waals surface area contributed by atoms with E-state index < -0.39 is 6.10 Å². The molecule has 4 rings (SSSR count). The molecule has 2 aromatic carbocycles. The molecular formula is C22H25N3O4. The summed E-state index contributed by atoms with van der Waals surface area (Å²) < 4.78 is 16.6. The summed E-state index contributed by atoms with van der Waals surface area (Å²) in [7, 11) is 3.18. The Hall–Kier alpha value is -2.90. The van der Waals surface area contributed by atoms with E-state index in [4.69, 9.17) is 14.2 Å². The Balaban J connectivity index is 1.37. The van der Waals surface area contributed by atoms with Crippen LogP contribution in [-0.2, 0) is 6.54 Å². The van der Waals surface area contributed by atoms with Crippen LogP contribution in [0.4, 0.5) is 0 Å². The van der Waals surface area contributed by atoms with Crippen LogP contribution < -0.4 is 14.2 Å². The van der Waals surface area contributed by atoms with Crippen molar-refractivity contribution < 1.29 is 19.3 Å². The molecule has 7 heteroatoms. The SMILES string of the molecule is COc1ccc(O[C@@H]2CCN(Cc3cnc4ccccc4n3)C[C@H]2O)cc1OC. The lowest BCUT2D eigenvalue weighted by molar-refractivity contribution is -0.0278. The first-order valence-corrected chi connectivity index (χ1v) is 9.66. The van der Waals surface area contributed by atoms with Gasteiger partial charge in [-0.1, -0.05) is 12.1 Å². The highest BCUT2D eigenvalue weighted by Crippen LogP contribution is 2.32. The van der Waals surface area contributed by atoms with Gasteiger partial charge < -0.3 is 19.3 Å². The smallest absolute Gasteiger partial charge is 0.164 e. The normalized spacial score (nSPS) is 19.8. The molecule has 0 aliphatic carbocycles. The standard InChI is InChI=1S/C22H25N3O4/c1-27-21-8-7-16(11-22(21)28-2)29-20-9-10-25(14-19(20)26)13-15-12-23-17-5-3-4-6-18(17)24-15/h3-8,11-12,19-20,26H,9-10,13-14H2,1-2H3/t19-,20-/m1/s1. The molecule has 1 aromatic heterocycles. The minimum Gasteiger partial charge on any atom is -0.493 e. The van der Waals surface area contributed by atoms with Crippen molar-refractivity contribution in [3.05, 3.63) is 54.4 Å². The van der Waals surface area contributed by atoms with Gasteiger partial charge in [0.1, 0.15) is 18.0 Å². The number of β-amino-alcohol motifs (C(OH)–C–C–N with tert-alkyl or cyclic N) is 1. The molecule has 7 nitrogen and oxygen atoms in total. The lowest BCUT2D eigenvalue weighted by atomic mass is 10.0. The lowest BCUT2D eigenvalue weighted by Gasteiger charge is -2.35. The fourth-order valence-electron chi connectivity index (χ4n) is 3.62. The predicted octanol–water partition coefficient (Wildman–Crippen LogP) is 2.66. The third kappa shape index (κ3) is 4.41. The van der Waals surface area contributed by atoms with E-state index in [-0.39, 0.29) is 6.10 Å². The van der Waals surface area contributed by atoms with Crippen molar-refractivity contribution in [2.24, 2.45) is 0 Å². The minimum absolute atomic E-state index is 0.271. The van der Waals surface area contributed by atoms with Crippen molar-refractivity contribution in [1.29, 1.82) is 0 Å². The largest absolute Gasteiger partial charge is 0.493 e. The van der Waals surface area contributed by atoms with Gasteiger partial charge in [-0.2, -0.15) is 0 Å². The lowest BCUT2D eigenvalue weighted by Crippen LogP contribution is -2.48. The molecule has 152 valence electrons. The predicted molar refractivity (Wildman–Crippen MR) is 109 cm³/mol. The fourth-order valence-corrected chi connectivity index (χ4v) is 3.62. The van der Waals surface area contributed by atoms with Crippen LogP contribution in [0.3, 0.4) is 0 Å². The molecule has 0 saturated carbocycles. The van der Waals surface area contributed by atoms with E-state index >= 15 is 0 Å². The Kier molecular flexibility index (Phi) is 5.78. The van der Waals surface area contributed by atoms with Gasteiger partial charge in [-0.25, -0.2) is 4.98 Å². The molecule has 1 N–H and O–H groups in total. The van der Waals surface area contributed by atoms with Crippen LogP contribution in [0.15, 0.2) is 48.7 Å².